The molecule has 0 unspecified atom stereocenters. The minimum atomic E-state index is 0.705. The Labute approximate surface area is 162 Å². The summed E-state index contributed by atoms with van der Waals surface area (Å²) in [7, 11) is 1.81. The Kier molecular flexibility index (Phi) is 7.27. The minimum absolute atomic E-state index is 0.705. The van der Waals surface area contributed by atoms with E-state index in [1.165, 1.54) is 32.5 Å². The van der Waals surface area contributed by atoms with Crippen LogP contribution in [-0.2, 0) is 6.54 Å². The predicted octanol–water partition coefficient (Wildman–Crippen LogP) is 2.66. The van der Waals surface area contributed by atoms with Gasteiger partial charge in [0.05, 0.1) is 11.9 Å². The molecule has 1 fully saturated rings. The molecule has 0 amide bonds. The van der Waals surface area contributed by atoms with E-state index in [4.69, 9.17) is 0 Å². The molecular formula is C21H32N6. The molecule has 0 aliphatic carbocycles. The number of nitrogens with zero attached hydrogens (tertiary/aromatic N) is 4. The van der Waals surface area contributed by atoms with Crippen molar-refractivity contribution in [1.82, 2.24) is 25.3 Å². The fourth-order valence-electron chi connectivity index (χ4n) is 3.37. The number of guanidine groups is 1. The van der Waals surface area contributed by atoms with Gasteiger partial charge in [-0.3, -0.25) is 4.99 Å². The summed E-state index contributed by atoms with van der Waals surface area (Å²) in [5.74, 6) is 1.74. The summed E-state index contributed by atoms with van der Waals surface area (Å²) in [4.78, 5) is 6.90. The Hall–Kier alpha value is -2.34. The molecule has 0 atom stereocenters. The average molecular weight is 369 g/mol. The summed E-state index contributed by atoms with van der Waals surface area (Å²) in [5, 5.41) is 11.2. The van der Waals surface area contributed by atoms with Gasteiger partial charge in [-0.05, 0) is 56.9 Å². The molecule has 1 aliphatic rings. The molecule has 27 heavy (non-hydrogen) atoms. The van der Waals surface area contributed by atoms with E-state index in [2.05, 4.69) is 32.5 Å². The summed E-state index contributed by atoms with van der Waals surface area (Å²) in [6.07, 6.45) is 7.76. The first kappa shape index (κ1) is 19.4. The van der Waals surface area contributed by atoms with Gasteiger partial charge in [-0.1, -0.05) is 25.1 Å². The second-order valence-corrected chi connectivity index (χ2v) is 7.36. The lowest BCUT2D eigenvalue weighted by Crippen LogP contribution is -2.39. The van der Waals surface area contributed by atoms with E-state index in [9.17, 15) is 0 Å². The second-order valence-electron chi connectivity index (χ2n) is 7.36. The topological polar surface area (TPSA) is 57.5 Å². The summed E-state index contributed by atoms with van der Waals surface area (Å²) in [6.45, 7) is 7.67. The monoisotopic (exact) mass is 368 g/mol. The Balaban J connectivity index is 1.36. The molecule has 0 spiro atoms. The van der Waals surface area contributed by atoms with E-state index in [1.54, 1.807) is 0 Å². The van der Waals surface area contributed by atoms with Crippen molar-refractivity contribution < 1.29 is 0 Å². The molecule has 1 aromatic carbocycles. The maximum Gasteiger partial charge on any atom is 0.191 e. The van der Waals surface area contributed by atoms with E-state index in [0.717, 1.165) is 36.1 Å². The van der Waals surface area contributed by atoms with Crippen LogP contribution in [0.2, 0.25) is 0 Å². The van der Waals surface area contributed by atoms with Crippen molar-refractivity contribution in [2.45, 2.75) is 32.7 Å². The van der Waals surface area contributed by atoms with Crippen LogP contribution < -0.4 is 10.6 Å². The van der Waals surface area contributed by atoms with Crippen molar-refractivity contribution in [2.24, 2.45) is 10.9 Å². The smallest absolute Gasteiger partial charge is 0.191 e. The molecule has 6 nitrogen and oxygen atoms in total. The van der Waals surface area contributed by atoms with Crippen molar-refractivity contribution in [2.75, 3.05) is 33.2 Å². The van der Waals surface area contributed by atoms with Crippen molar-refractivity contribution in [1.29, 1.82) is 0 Å². The lowest BCUT2D eigenvalue weighted by molar-refractivity contribution is 0.191. The van der Waals surface area contributed by atoms with Crippen LogP contribution in [0.4, 0.5) is 0 Å². The number of aliphatic imine (C=N–C) groups is 1. The Morgan fingerprint density at radius 2 is 1.96 bits per heavy atom. The highest BCUT2D eigenvalue weighted by Gasteiger charge is 2.14. The molecule has 3 rings (SSSR count). The van der Waals surface area contributed by atoms with Crippen LogP contribution in [-0.4, -0.2) is 53.9 Å². The highest BCUT2D eigenvalue weighted by molar-refractivity contribution is 5.79. The zero-order chi connectivity index (χ0) is 18.9. The summed E-state index contributed by atoms with van der Waals surface area (Å²) < 4.78 is 1.90. The largest absolute Gasteiger partial charge is 0.356 e. The number of likely N-dealkylation sites (tertiary alicyclic amines) is 1. The van der Waals surface area contributed by atoms with Gasteiger partial charge in [-0.25, -0.2) is 4.68 Å². The van der Waals surface area contributed by atoms with E-state index >= 15 is 0 Å². The van der Waals surface area contributed by atoms with E-state index in [-0.39, 0.29) is 0 Å². The Morgan fingerprint density at radius 3 is 2.70 bits per heavy atom. The van der Waals surface area contributed by atoms with Gasteiger partial charge in [0, 0.05) is 31.9 Å². The molecule has 0 bridgehead atoms. The van der Waals surface area contributed by atoms with Crippen LogP contribution in [0.15, 0.2) is 47.7 Å². The van der Waals surface area contributed by atoms with Crippen LogP contribution in [0.25, 0.3) is 5.69 Å². The highest BCUT2D eigenvalue weighted by Crippen LogP contribution is 2.15. The molecular weight excluding hydrogens is 336 g/mol. The molecule has 146 valence electrons. The van der Waals surface area contributed by atoms with Crippen molar-refractivity contribution in [3.8, 4) is 5.69 Å². The SMILES string of the molecule is CN=C(NCCCN1CCC(C)CC1)NCc1cnn(-c2ccccc2)c1. The predicted molar refractivity (Wildman–Crippen MR) is 111 cm³/mol. The minimum Gasteiger partial charge on any atom is -0.356 e. The first-order valence-corrected chi connectivity index (χ1v) is 10.0. The van der Waals surface area contributed by atoms with Gasteiger partial charge in [-0.2, -0.15) is 5.10 Å². The molecule has 1 aromatic heterocycles. The van der Waals surface area contributed by atoms with E-state index < -0.39 is 0 Å². The average Bonchev–Trinajstić information content (AvgIpc) is 3.18. The fourth-order valence-corrected chi connectivity index (χ4v) is 3.37. The lowest BCUT2D eigenvalue weighted by atomic mass is 9.99. The number of hydrogen-bond acceptors (Lipinski definition) is 3. The Bertz CT molecular complexity index is 700. The molecule has 1 saturated heterocycles. The van der Waals surface area contributed by atoms with Crippen molar-refractivity contribution in [3.63, 3.8) is 0 Å². The number of benzene rings is 1. The van der Waals surface area contributed by atoms with Gasteiger partial charge in [0.1, 0.15) is 0 Å². The molecule has 0 radical (unpaired) electrons. The van der Waals surface area contributed by atoms with Crippen molar-refractivity contribution >= 4 is 5.96 Å². The summed E-state index contributed by atoms with van der Waals surface area (Å²) in [5.41, 5.74) is 2.20. The van der Waals surface area contributed by atoms with Gasteiger partial charge in [0.25, 0.3) is 0 Å². The first-order chi connectivity index (χ1) is 13.2. The zero-order valence-electron chi connectivity index (χ0n) is 16.6. The maximum absolute atomic E-state index is 4.43. The summed E-state index contributed by atoms with van der Waals surface area (Å²) >= 11 is 0. The van der Waals surface area contributed by atoms with Crippen LogP contribution in [0.3, 0.4) is 0 Å². The van der Waals surface area contributed by atoms with Crippen LogP contribution in [0.5, 0.6) is 0 Å². The Morgan fingerprint density at radius 1 is 1.19 bits per heavy atom. The van der Waals surface area contributed by atoms with Gasteiger partial charge in [-0.15, -0.1) is 0 Å². The zero-order valence-corrected chi connectivity index (χ0v) is 16.6. The van der Waals surface area contributed by atoms with E-state index in [0.29, 0.717) is 6.54 Å². The normalized spacial score (nSPS) is 16.4. The molecule has 2 heterocycles. The maximum atomic E-state index is 4.43. The standard InChI is InChI=1S/C21H32N6/c1-18-9-13-26(14-10-18)12-6-11-23-21(22-2)24-15-19-16-25-27(17-19)20-7-4-3-5-8-20/h3-5,7-8,16-18H,6,9-15H2,1-2H3,(H2,22,23,24). The number of piperidine rings is 1. The lowest BCUT2D eigenvalue weighted by Gasteiger charge is -2.30. The van der Waals surface area contributed by atoms with E-state index in [1.807, 2.05) is 54.5 Å². The van der Waals surface area contributed by atoms with Gasteiger partial charge >= 0.3 is 0 Å². The second kappa shape index (κ2) is 10.1. The molecule has 6 heteroatoms. The van der Waals surface area contributed by atoms with Crippen LogP contribution in [0, 0.1) is 5.92 Å². The van der Waals surface area contributed by atoms with Gasteiger partial charge < -0.3 is 15.5 Å². The molecule has 2 aromatic rings. The molecule has 0 saturated carbocycles. The number of hydrogen-bond donors (Lipinski definition) is 2. The van der Waals surface area contributed by atoms with Crippen LogP contribution in [0.1, 0.15) is 31.7 Å². The first-order valence-electron chi connectivity index (χ1n) is 10.0. The number of rotatable bonds is 7. The fraction of sp³-hybridized carbons (Fsp3) is 0.524. The van der Waals surface area contributed by atoms with Gasteiger partial charge in [0.15, 0.2) is 5.96 Å². The van der Waals surface area contributed by atoms with Crippen LogP contribution >= 0.6 is 0 Å². The summed E-state index contributed by atoms with van der Waals surface area (Å²) in [6, 6.07) is 10.1. The quantitative estimate of drug-likeness (QED) is 0.448. The number of aromatic nitrogens is 2. The third kappa shape index (κ3) is 6.10. The molecule has 1 aliphatic heterocycles. The third-order valence-electron chi connectivity index (χ3n) is 5.16. The number of para-hydroxylation sites is 1. The highest BCUT2D eigenvalue weighted by atomic mass is 15.3. The van der Waals surface area contributed by atoms with Crippen molar-refractivity contribution in [3.05, 3.63) is 48.3 Å². The number of nitrogens with one attached hydrogen (secondary N) is 2. The van der Waals surface area contributed by atoms with Gasteiger partial charge in [0.2, 0.25) is 0 Å². The molecule has 2 N–H and O–H groups in total. The third-order valence-corrected chi connectivity index (χ3v) is 5.16.